The first kappa shape index (κ1) is 9.24. The minimum Gasteiger partial charge on any atom is -0.456 e. The van der Waals surface area contributed by atoms with Gasteiger partial charge in [0.15, 0.2) is 11.9 Å². The van der Waals surface area contributed by atoms with E-state index >= 15 is 0 Å². The molecule has 5 heteroatoms. The predicted molar refractivity (Wildman–Crippen MR) is 44.4 cm³/mol. The number of fused-ring (bicyclic) bond motifs is 1. The molecule has 4 nitrogen and oxygen atoms in total. The molecule has 0 unspecified atom stereocenters. The topological polar surface area (TPSA) is 44.8 Å². The summed E-state index contributed by atoms with van der Waals surface area (Å²) in [5, 5.41) is 0. The van der Waals surface area contributed by atoms with Crippen LogP contribution in [0.3, 0.4) is 0 Å². The van der Waals surface area contributed by atoms with Gasteiger partial charge in [0.25, 0.3) is 0 Å². The summed E-state index contributed by atoms with van der Waals surface area (Å²) < 4.78 is 15.8. The number of halogens is 1. The van der Waals surface area contributed by atoms with Gasteiger partial charge in [-0.25, -0.2) is 4.79 Å². The monoisotopic (exact) mass is 206 g/mol. The van der Waals surface area contributed by atoms with E-state index in [2.05, 4.69) is 0 Å². The molecule has 0 aromatic carbocycles. The van der Waals surface area contributed by atoms with Crippen LogP contribution in [-0.4, -0.2) is 35.9 Å². The van der Waals surface area contributed by atoms with Crippen LogP contribution in [0.25, 0.3) is 0 Å². The smallest absolute Gasteiger partial charge is 0.338 e. The van der Waals surface area contributed by atoms with Gasteiger partial charge >= 0.3 is 5.97 Å². The lowest BCUT2D eigenvalue weighted by Gasteiger charge is -2.20. The second kappa shape index (κ2) is 2.83. The third-order valence-electron chi connectivity index (χ3n) is 2.15. The van der Waals surface area contributed by atoms with Crippen LogP contribution in [0.5, 0.6) is 0 Å². The first-order chi connectivity index (χ1) is 6.03. The van der Waals surface area contributed by atoms with Gasteiger partial charge in [-0.3, -0.25) is 0 Å². The first-order valence-corrected chi connectivity index (χ1v) is 4.69. The summed E-state index contributed by atoms with van der Waals surface area (Å²) in [7, 11) is 0. The van der Waals surface area contributed by atoms with Crippen LogP contribution in [-0.2, 0) is 19.0 Å². The van der Waals surface area contributed by atoms with Crippen molar-refractivity contribution in [2.24, 2.45) is 0 Å². The molecular weight excluding hydrogens is 196 g/mol. The fraction of sp³-hybridized carbons (Fsp3) is 0.875. The number of carbonyl (C=O) groups excluding carboxylic acids is 1. The number of carbonyl (C=O) groups is 1. The van der Waals surface area contributed by atoms with Gasteiger partial charge in [-0.15, -0.1) is 11.6 Å². The van der Waals surface area contributed by atoms with E-state index in [1.54, 1.807) is 13.8 Å². The third-order valence-corrected chi connectivity index (χ3v) is 2.45. The fourth-order valence-corrected chi connectivity index (χ4v) is 1.88. The summed E-state index contributed by atoms with van der Waals surface area (Å²) >= 11 is 5.62. The van der Waals surface area contributed by atoms with Crippen molar-refractivity contribution >= 4 is 17.6 Å². The zero-order valence-corrected chi connectivity index (χ0v) is 8.21. The molecule has 2 rings (SSSR count). The highest BCUT2D eigenvalue weighted by atomic mass is 35.5. The molecule has 2 heterocycles. The van der Waals surface area contributed by atoms with Crippen molar-refractivity contribution in [3.63, 3.8) is 0 Å². The van der Waals surface area contributed by atoms with Gasteiger partial charge in [0.2, 0.25) is 0 Å². The molecule has 0 radical (unpaired) electrons. The predicted octanol–water partition coefficient (Wildman–Crippen LogP) is 0.671. The number of hydrogen-bond acceptors (Lipinski definition) is 4. The molecule has 0 N–H and O–H groups in total. The van der Waals surface area contributed by atoms with Gasteiger partial charge in [-0.1, -0.05) is 0 Å². The van der Waals surface area contributed by atoms with Crippen LogP contribution >= 0.6 is 11.6 Å². The molecule has 2 aliphatic rings. The summed E-state index contributed by atoms with van der Waals surface area (Å²) in [6.45, 7) is 3.54. The zero-order chi connectivity index (χ0) is 9.64. The summed E-state index contributed by atoms with van der Waals surface area (Å²) in [6.07, 6.45) is -1.32. The van der Waals surface area contributed by atoms with Gasteiger partial charge in [0.05, 0.1) is 5.88 Å². The Labute approximate surface area is 81.1 Å². The lowest BCUT2D eigenvalue weighted by Crippen LogP contribution is -2.30. The maximum atomic E-state index is 11.2. The van der Waals surface area contributed by atoms with Crippen molar-refractivity contribution < 1.29 is 19.0 Å². The van der Waals surface area contributed by atoms with Crippen molar-refractivity contribution in [2.45, 2.75) is 37.9 Å². The van der Waals surface area contributed by atoms with E-state index in [1.807, 2.05) is 0 Å². The average Bonchev–Trinajstić information content (AvgIpc) is 2.47. The van der Waals surface area contributed by atoms with Gasteiger partial charge in [0.1, 0.15) is 12.2 Å². The van der Waals surface area contributed by atoms with E-state index in [0.717, 1.165) is 0 Å². The van der Waals surface area contributed by atoms with Crippen molar-refractivity contribution in [1.82, 2.24) is 0 Å². The maximum Gasteiger partial charge on any atom is 0.338 e. The van der Waals surface area contributed by atoms with Gasteiger partial charge < -0.3 is 14.2 Å². The molecule has 0 saturated carbocycles. The van der Waals surface area contributed by atoms with E-state index < -0.39 is 11.9 Å². The Hall–Kier alpha value is -0.320. The normalized spacial score (nSPS) is 41.8. The summed E-state index contributed by atoms with van der Waals surface area (Å²) in [5.41, 5.74) is 0. The molecule has 13 heavy (non-hydrogen) atoms. The number of rotatable bonds is 1. The van der Waals surface area contributed by atoms with Crippen LogP contribution < -0.4 is 0 Å². The van der Waals surface area contributed by atoms with Gasteiger partial charge in [0, 0.05) is 0 Å². The van der Waals surface area contributed by atoms with Crippen LogP contribution in [0.2, 0.25) is 0 Å². The Bertz CT molecular complexity index is 240. The largest absolute Gasteiger partial charge is 0.456 e. The van der Waals surface area contributed by atoms with Crippen molar-refractivity contribution in [2.75, 3.05) is 5.88 Å². The highest BCUT2D eigenvalue weighted by molar-refractivity contribution is 6.18. The second-order valence-electron chi connectivity index (χ2n) is 3.65. The van der Waals surface area contributed by atoms with Gasteiger partial charge in [-0.2, -0.15) is 0 Å². The molecule has 0 bridgehead atoms. The summed E-state index contributed by atoms with van der Waals surface area (Å²) in [6, 6.07) is 0. The molecule has 0 amide bonds. The van der Waals surface area contributed by atoms with Gasteiger partial charge in [-0.05, 0) is 13.8 Å². The number of cyclic esters (lactones) is 1. The standard InChI is InChI=1S/C8H11ClO4/c1-8(2)12-5-4(3-9)11-7(10)6(5)13-8/h4-6H,3H2,1-2H3/t4-,5+,6+/m1/s1. The Balaban J connectivity index is 2.17. The molecule has 0 aliphatic carbocycles. The summed E-state index contributed by atoms with van der Waals surface area (Å²) in [5.74, 6) is -0.841. The van der Waals surface area contributed by atoms with Crippen LogP contribution in [0.1, 0.15) is 13.8 Å². The quantitative estimate of drug-likeness (QED) is 0.467. The van der Waals surface area contributed by atoms with E-state index in [4.69, 9.17) is 25.8 Å². The number of alkyl halides is 1. The molecule has 2 aliphatic heterocycles. The van der Waals surface area contributed by atoms with Crippen molar-refractivity contribution in [3.05, 3.63) is 0 Å². The van der Waals surface area contributed by atoms with Crippen LogP contribution in [0.15, 0.2) is 0 Å². The number of ether oxygens (including phenoxy) is 3. The lowest BCUT2D eigenvalue weighted by molar-refractivity contribution is -0.185. The first-order valence-electron chi connectivity index (χ1n) is 4.15. The second-order valence-corrected chi connectivity index (χ2v) is 3.96. The molecule has 2 fully saturated rings. The summed E-state index contributed by atoms with van der Waals surface area (Å²) in [4.78, 5) is 11.2. The third kappa shape index (κ3) is 1.43. The SMILES string of the molecule is CC1(C)O[C@@H]2[C@H](O1)C(=O)O[C@@H]2CCl. The van der Waals surface area contributed by atoms with Crippen molar-refractivity contribution in [3.8, 4) is 0 Å². The molecule has 0 aromatic heterocycles. The Kier molecular flexibility index (Phi) is 2.02. The van der Waals surface area contributed by atoms with Crippen LogP contribution in [0.4, 0.5) is 0 Å². The number of hydrogen-bond donors (Lipinski definition) is 0. The Morgan fingerprint density at radius 1 is 1.46 bits per heavy atom. The minimum atomic E-state index is -0.709. The van der Waals surface area contributed by atoms with Crippen LogP contribution in [0, 0.1) is 0 Å². The van der Waals surface area contributed by atoms with E-state index in [9.17, 15) is 4.79 Å². The minimum absolute atomic E-state index is 0.242. The van der Waals surface area contributed by atoms with E-state index in [0.29, 0.717) is 0 Å². The Morgan fingerprint density at radius 2 is 2.15 bits per heavy atom. The number of esters is 1. The van der Waals surface area contributed by atoms with E-state index in [1.165, 1.54) is 0 Å². The molecular formula is C8H11ClO4. The molecule has 2 saturated heterocycles. The van der Waals surface area contributed by atoms with Crippen molar-refractivity contribution in [1.29, 1.82) is 0 Å². The zero-order valence-electron chi connectivity index (χ0n) is 7.45. The highest BCUT2D eigenvalue weighted by Gasteiger charge is 2.55. The highest BCUT2D eigenvalue weighted by Crippen LogP contribution is 2.36. The Morgan fingerprint density at radius 3 is 2.77 bits per heavy atom. The average molecular weight is 207 g/mol. The fourth-order valence-electron chi connectivity index (χ4n) is 1.65. The molecule has 74 valence electrons. The molecule has 0 spiro atoms. The lowest BCUT2D eigenvalue weighted by atomic mass is 10.2. The molecule has 3 atom stereocenters. The molecule has 0 aromatic rings. The maximum absolute atomic E-state index is 11.2. The van der Waals surface area contributed by atoms with E-state index in [-0.39, 0.29) is 24.1 Å².